The van der Waals surface area contributed by atoms with E-state index in [0.29, 0.717) is 32.5 Å². The number of carbonyl (C=O) groups is 1. The fourth-order valence-corrected chi connectivity index (χ4v) is 5.59. The maximum Gasteiger partial charge on any atom is 0.315 e. The highest BCUT2D eigenvalue weighted by molar-refractivity contribution is 8.15. The molecule has 0 radical (unpaired) electrons. The second-order valence-electron chi connectivity index (χ2n) is 6.65. The van der Waals surface area contributed by atoms with E-state index in [-0.39, 0.29) is 10.0 Å². The van der Waals surface area contributed by atoms with Gasteiger partial charge >= 0.3 is 5.97 Å². The maximum absolute atomic E-state index is 12.1. The van der Waals surface area contributed by atoms with Crippen molar-refractivity contribution >= 4 is 87.3 Å². The second-order valence-corrected chi connectivity index (χ2v) is 10.6. The highest BCUT2D eigenvalue weighted by atomic mass is 35.5. The van der Waals surface area contributed by atoms with Crippen LogP contribution in [0.2, 0.25) is 20.1 Å². The van der Waals surface area contributed by atoms with Crippen molar-refractivity contribution in [2.24, 2.45) is 0 Å². The molecule has 0 aliphatic carbocycles. The van der Waals surface area contributed by atoms with Crippen molar-refractivity contribution in [2.45, 2.75) is 10.8 Å². The van der Waals surface area contributed by atoms with Gasteiger partial charge in [-0.2, -0.15) is 11.8 Å². The largest absolute Gasteiger partial charge is 0.481 e. The standard InChI is InChI=1S/C22H18Cl4N2O2S2/c1-31-11-32-17-4-2-12(3-5-17)20(22(29)30)21-18(25)9-16(10-19(21)26)28-27-15-7-13(23)6-14(24)8-15/h2-10,20,27-28H,11H2,1H3,(H,29,30). The molecular formula is C22H18Cl4N2O2S2. The number of rotatable bonds is 9. The van der Waals surface area contributed by atoms with Gasteiger partial charge in [-0.25, -0.2) is 0 Å². The fraction of sp³-hybridized carbons (Fsp3) is 0.136. The third-order valence-corrected chi connectivity index (χ3v) is 7.47. The lowest BCUT2D eigenvalue weighted by Crippen LogP contribution is -2.15. The summed E-state index contributed by atoms with van der Waals surface area (Å²) < 4.78 is 0. The number of hydrazine groups is 1. The predicted octanol–water partition coefficient (Wildman–Crippen LogP) is 8.37. The summed E-state index contributed by atoms with van der Waals surface area (Å²) in [4.78, 5) is 13.2. The third kappa shape index (κ3) is 6.56. The quantitative estimate of drug-likeness (QED) is 0.142. The van der Waals surface area contributed by atoms with Crippen molar-refractivity contribution in [3.8, 4) is 0 Å². The van der Waals surface area contributed by atoms with E-state index in [1.165, 1.54) is 0 Å². The summed E-state index contributed by atoms with van der Waals surface area (Å²) in [6.07, 6.45) is 2.03. The highest BCUT2D eigenvalue weighted by Gasteiger charge is 2.27. The van der Waals surface area contributed by atoms with Crippen LogP contribution in [-0.4, -0.2) is 22.4 Å². The maximum atomic E-state index is 12.1. The van der Waals surface area contributed by atoms with Crippen LogP contribution in [0.1, 0.15) is 17.0 Å². The van der Waals surface area contributed by atoms with Gasteiger partial charge in [-0.05, 0) is 54.3 Å². The van der Waals surface area contributed by atoms with E-state index in [0.717, 1.165) is 9.98 Å². The molecule has 0 heterocycles. The minimum Gasteiger partial charge on any atom is -0.481 e. The fourth-order valence-electron chi connectivity index (χ4n) is 3.02. The second kappa shape index (κ2) is 11.6. The summed E-state index contributed by atoms with van der Waals surface area (Å²) in [5.41, 5.74) is 8.06. The lowest BCUT2D eigenvalue weighted by Gasteiger charge is -2.19. The predicted molar refractivity (Wildman–Crippen MR) is 140 cm³/mol. The molecule has 168 valence electrons. The first-order valence-electron chi connectivity index (χ1n) is 9.20. The zero-order valence-corrected chi connectivity index (χ0v) is 21.3. The van der Waals surface area contributed by atoms with E-state index in [1.807, 2.05) is 18.4 Å². The molecule has 3 rings (SSSR count). The molecule has 0 fully saturated rings. The van der Waals surface area contributed by atoms with E-state index in [1.54, 1.807) is 66.0 Å². The van der Waals surface area contributed by atoms with Gasteiger partial charge in [0.2, 0.25) is 0 Å². The Morgan fingerprint density at radius 1 is 0.906 bits per heavy atom. The van der Waals surface area contributed by atoms with Crippen molar-refractivity contribution in [2.75, 3.05) is 22.2 Å². The Morgan fingerprint density at radius 3 is 1.94 bits per heavy atom. The molecule has 0 saturated heterocycles. The Morgan fingerprint density at radius 2 is 1.44 bits per heavy atom. The number of benzene rings is 3. The molecule has 0 bridgehead atoms. The first-order valence-corrected chi connectivity index (χ1v) is 13.1. The summed E-state index contributed by atoms with van der Waals surface area (Å²) >= 11 is 28.4. The number of carboxylic acids is 1. The minimum absolute atomic E-state index is 0.235. The number of anilines is 2. The summed E-state index contributed by atoms with van der Waals surface area (Å²) in [5, 5.41) is 12.3. The SMILES string of the molecule is CSCSc1ccc(C(C(=O)O)c2c(Cl)cc(NNc3cc(Cl)cc(Cl)c3)cc2Cl)cc1. The summed E-state index contributed by atoms with van der Waals surface area (Å²) in [6, 6.07) is 15.6. The molecule has 0 saturated carbocycles. The molecule has 1 atom stereocenters. The molecular weight excluding hydrogens is 530 g/mol. The lowest BCUT2D eigenvalue weighted by molar-refractivity contribution is -0.137. The van der Waals surface area contributed by atoms with Gasteiger partial charge in [0.1, 0.15) is 5.92 Å². The van der Waals surface area contributed by atoms with Crippen LogP contribution in [0.5, 0.6) is 0 Å². The van der Waals surface area contributed by atoms with Crippen LogP contribution in [0.3, 0.4) is 0 Å². The number of halogens is 4. The monoisotopic (exact) mass is 546 g/mol. The van der Waals surface area contributed by atoms with Gasteiger partial charge in [-0.1, -0.05) is 58.5 Å². The highest BCUT2D eigenvalue weighted by Crippen LogP contribution is 2.39. The van der Waals surface area contributed by atoms with Gasteiger partial charge in [0.25, 0.3) is 0 Å². The number of hydrogen-bond acceptors (Lipinski definition) is 5. The smallest absolute Gasteiger partial charge is 0.315 e. The molecule has 32 heavy (non-hydrogen) atoms. The Bertz CT molecular complexity index is 1070. The van der Waals surface area contributed by atoms with Crippen LogP contribution in [-0.2, 0) is 4.79 Å². The van der Waals surface area contributed by atoms with Crippen molar-refractivity contribution in [1.29, 1.82) is 0 Å². The third-order valence-electron chi connectivity index (χ3n) is 4.39. The van der Waals surface area contributed by atoms with Crippen LogP contribution in [0.25, 0.3) is 0 Å². The van der Waals surface area contributed by atoms with E-state index < -0.39 is 11.9 Å². The van der Waals surface area contributed by atoms with Crippen molar-refractivity contribution in [1.82, 2.24) is 0 Å². The molecule has 0 spiro atoms. The first kappa shape index (κ1) is 25.2. The number of hydrogen-bond donors (Lipinski definition) is 3. The van der Waals surface area contributed by atoms with Crippen molar-refractivity contribution in [3.63, 3.8) is 0 Å². The molecule has 0 aliphatic rings. The lowest BCUT2D eigenvalue weighted by atomic mass is 9.91. The molecule has 0 aliphatic heterocycles. The normalized spacial score (nSPS) is 11.8. The zero-order chi connectivity index (χ0) is 23.3. The molecule has 4 nitrogen and oxygen atoms in total. The van der Waals surface area contributed by atoms with Gasteiger partial charge < -0.3 is 16.0 Å². The van der Waals surface area contributed by atoms with Gasteiger partial charge in [0, 0.05) is 35.6 Å². The minimum atomic E-state index is -1.04. The van der Waals surface area contributed by atoms with E-state index in [2.05, 4.69) is 10.9 Å². The molecule has 3 aromatic rings. The topological polar surface area (TPSA) is 61.4 Å². The summed E-state index contributed by atoms with van der Waals surface area (Å²) in [5.74, 6) is -2.03. The van der Waals surface area contributed by atoms with Gasteiger partial charge in [0.15, 0.2) is 0 Å². The number of thioether (sulfide) groups is 2. The number of carboxylic acid groups (broad SMARTS) is 1. The molecule has 3 N–H and O–H groups in total. The summed E-state index contributed by atoms with van der Waals surface area (Å²) in [7, 11) is 0. The molecule has 0 amide bonds. The van der Waals surface area contributed by atoms with Crippen LogP contribution < -0.4 is 10.9 Å². The van der Waals surface area contributed by atoms with Crippen LogP contribution in [0.4, 0.5) is 11.4 Å². The molecule has 1 unspecified atom stereocenters. The van der Waals surface area contributed by atoms with E-state index in [9.17, 15) is 9.90 Å². The Labute approximate surface area is 214 Å². The van der Waals surface area contributed by atoms with Crippen LogP contribution >= 0.6 is 69.9 Å². The van der Waals surface area contributed by atoms with Crippen LogP contribution in [0.15, 0.2) is 59.5 Å². The first-order chi connectivity index (χ1) is 15.3. The molecule has 3 aromatic carbocycles. The van der Waals surface area contributed by atoms with Crippen molar-refractivity contribution in [3.05, 3.63) is 85.8 Å². The number of aliphatic carboxylic acids is 1. The Balaban J connectivity index is 1.85. The zero-order valence-electron chi connectivity index (χ0n) is 16.7. The Hall–Kier alpha value is -1.41. The Kier molecular flexibility index (Phi) is 9.17. The average Bonchev–Trinajstić information content (AvgIpc) is 2.73. The van der Waals surface area contributed by atoms with Crippen LogP contribution in [0, 0.1) is 0 Å². The van der Waals surface area contributed by atoms with Gasteiger partial charge in [-0.15, -0.1) is 11.8 Å². The average molecular weight is 548 g/mol. The van der Waals surface area contributed by atoms with Crippen molar-refractivity contribution < 1.29 is 9.90 Å². The van der Waals surface area contributed by atoms with Gasteiger partial charge in [0.05, 0.1) is 11.4 Å². The van der Waals surface area contributed by atoms with Gasteiger partial charge in [-0.3, -0.25) is 4.79 Å². The molecule has 10 heteroatoms. The molecule has 0 aromatic heterocycles. The number of nitrogens with one attached hydrogen (secondary N) is 2. The summed E-state index contributed by atoms with van der Waals surface area (Å²) in [6.45, 7) is 0. The van der Waals surface area contributed by atoms with E-state index >= 15 is 0 Å². The van der Waals surface area contributed by atoms with E-state index in [4.69, 9.17) is 46.4 Å².